The molecule has 2 heterocycles. The van der Waals surface area contributed by atoms with Crippen LogP contribution in [0.2, 0.25) is 5.28 Å². The number of carbonyl (C=O) groups excluding carboxylic acids is 1. The number of nitro groups is 1. The van der Waals surface area contributed by atoms with Crippen molar-refractivity contribution < 1.29 is 9.72 Å². The molecule has 1 aliphatic heterocycles. The van der Waals surface area contributed by atoms with E-state index in [0.29, 0.717) is 0 Å². The Bertz CT molecular complexity index is 616. The molecule has 1 fully saturated rings. The van der Waals surface area contributed by atoms with Gasteiger partial charge in [0.05, 0.1) is 4.92 Å². The van der Waals surface area contributed by atoms with Crippen LogP contribution in [0.1, 0.15) is 6.42 Å². The summed E-state index contributed by atoms with van der Waals surface area (Å²) in [4.78, 5) is 33.2. The second-order valence-electron chi connectivity index (χ2n) is 4.09. The molecule has 0 spiro atoms. The van der Waals surface area contributed by atoms with Gasteiger partial charge in [-0.05, 0) is 23.0 Å². The molecular formula is C9H8ClN7O3. The van der Waals surface area contributed by atoms with Crippen LogP contribution in [0, 0.1) is 16.0 Å². The number of rotatable bonds is 4. The fourth-order valence-electron chi connectivity index (χ4n) is 1.93. The van der Waals surface area contributed by atoms with Gasteiger partial charge in [-0.25, -0.2) is 4.98 Å². The van der Waals surface area contributed by atoms with Gasteiger partial charge in [-0.1, -0.05) is 5.11 Å². The summed E-state index contributed by atoms with van der Waals surface area (Å²) in [6.45, 7) is 0.331. The van der Waals surface area contributed by atoms with E-state index in [9.17, 15) is 14.9 Å². The minimum atomic E-state index is -0.681. The lowest BCUT2D eigenvalue weighted by atomic mass is 10.1. The van der Waals surface area contributed by atoms with E-state index in [1.807, 2.05) is 0 Å². The first-order valence-corrected chi connectivity index (χ1v) is 5.89. The average Bonchev–Trinajstić information content (AvgIpc) is 2.77. The van der Waals surface area contributed by atoms with Crippen molar-refractivity contribution in [3.63, 3.8) is 0 Å². The van der Waals surface area contributed by atoms with Gasteiger partial charge in [0.1, 0.15) is 6.20 Å². The van der Waals surface area contributed by atoms with Crippen LogP contribution in [-0.4, -0.2) is 33.9 Å². The summed E-state index contributed by atoms with van der Waals surface area (Å²) in [5, 5.41) is 14.1. The number of anilines is 1. The molecule has 1 saturated heterocycles. The van der Waals surface area contributed by atoms with E-state index < -0.39 is 10.6 Å². The van der Waals surface area contributed by atoms with Gasteiger partial charge in [-0.15, -0.1) is 0 Å². The SMILES string of the molecule is [N-]=[N+]=NCC1CC(=O)N(c2nc(Cl)ncc2[N+](=O)[O-])C1. The first-order valence-electron chi connectivity index (χ1n) is 5.51. The summed E-state index contributed by atoms with van der Waals surface area (Å²) < 4.78 is 0. The van der Waals surface area contributed by atoms with Crippen molar-refractivity contribution in [1.29, 1.82) is 0 Å². The van der Waals surface area contributed by atoms with E-state index in [0.717, 1.165) is 6.20 Å². The van der Waals surface area contributed by atoms with Gasteiger partial charge in [0.25, 0.3) is 0 Å². The monoisotopic (exact) mass is 297 g/mol. The Morgan fingerprint density at radius 3 is 3.10 bits per heavy atom. The molecule has 20 heavy (non-hydrogen) atoms. The van der Waals surface area contributed by atoms with Crippen LogP contribution in [0.3, 0.4) is 0 Å². The molecule has 0 aromatic carbocycles. The smallest absolute Gasteiger partial charge is 0.291 e. The van der Waals surface area contributed by atoms with E-state index >= 15 is 0 Å². The fraction of sp³-hybridized carbons (Fsp3) is 0.444. The predicted octanol–water partition coefficient (Wildman–Crippen LogP) is 1.70. The molecule has 1 unspecified atom stereocenters. The summed E-state index contributed by atoms with van der Waals surface area (Å²) in [6, 6.07) is 0. The molecule has 1 aromatic heterocycles. The molecule has 0 aliphatic carbocycles. The number of hydrogen-bond acceptors (Lipinski definition) is 6. The van der Waals surface area contributed by atoms with E-state index in [1.165, 1.54) is 4.90 Å². The highest BCUT2D eigenvalue weighted by Gasteiger charge is 2.35. The Morgan fingerprint density at radius 1 is 1.70 bits per heavy atom. The van der Waals surface area contributed by atoms with Crippen LogP contribution in [-0.2, 0) is 4.79 Å². The molecule has 0 N–H and O–H groups in total. The molecular weight excluding hydrogens is 290 g/mol. The van der Waals surface area contributed by atoms with E-state index in [-0.39, 0.29) is 42.4 Å². The van der Waals surface area contributed by atoms with Crippen LogP contribution in [0.15, 0.2) is 11.3 Å². The third kappa shape index (κ3) is 2.76. The first kappa shape index (κ1) is 14.0. The molecule has 0 radical (unpaired) electrons. The minimum absolute atomic E-state index is 0.136. The Morgan fingerprint density at radius 2 is 2.45 bits per heavy atom. The second-order valence-corrected chi connectivity index (χ2v) is 4.43. The maximum Gasteiger partial charge on any atom is 0.330 e. The van der Waals surface area contributed by atoms with Gasteiger partial charge in [-0.3, -0.25) is 19.8 Å². The molecule has 1 amide bonds. The third-order valence-corrected chi connectivity index (χ3v) is 2.96. The number of hydrogen-bond donors (Lipinski definition) is 0. The van der Waals surface area contributed by atoms with Crippen LogP contribution >= 0.6 is 11.6 Å². The Kier molecular flexibility index (Phi) is 3.97. The van der Waals surface area contributed by atoms with Crippen molar-refractivity contribution in [1.82, 2.24) is 9.97 Å². The zero-order valence-electron chi connectivity index (χ0n) is 10.0. The molecule has 1 atom stereocenters. The molecule has 10 nitrogen and oxygen atoms in total. The molecule has 2 rings (SSSR count). The van der Waals surface area contributed by atoms with Gasteiger partial charge in [0.2, 0.25) is 17.0 Å². The predicted molar refractivity (Wildman–Crippen MR) is 68.2 cm³/mol. The van der Waals surface area contributed by atoms with Gasteiger partial charge in [-0.2, -0.15) is 4.98 Å². The summed E-state index contributed by atoms with van der Waals surface area (Å²) in [5.41, 5.74) is 7.87. The van der Waals surface area contributed by atoms with Gasteiger partial charge in [0, 0.05) is 24.4 Å². The molecule has 1 aliphatic rings. The molecule has 0 bridgehead atoms. The molecule has 11 heteroatoms. The highest BCUT2D eigenvalue weighted by Crippen LogP contribution is 2.31. The molecule has 0 saturated carbocycles. The fourth-order valence-corrected chi connectivity index (χ4v) is 2.06. The van der Waals surface area contributed by atoms with Crippen LogP contribution in [0.4, 0.5) is 11.5 Å². The summed E-state index contributed by atoms with van der Waals surface area (Å²) >= 11 is 5.62. The standard InChI is InChI=1S/C9H8ClN7O3/c10-9-12-3-6(17(19)20)8(14-9)16-4-5(1-7(16)18)2-13-15-11/h3,5H,1-2,4H2. The summed E-state index contributed by atoms with van der Waals surface area (Å²) in [7, 11) is 0. The van der Waals surface area contributed by atoms with Crippen LogP contribution < -0.4 is 4.90 Å². The number of amides is 1. The van der Waals surface area contributed by atoms with Crippen LogP contribution in [0.5, 0.6) is 0 Å². The lowest BCUT2D eigenvalue weighted by molar-refractivity contribution is -0.384. The number of azide groups is 1. The quantitative estimate of drug-likeness (QED) is 0.208. The summed E-state index contributed by atoms with van der Waals surface area (Å²) in [6.07, 6.45) is 1.09. The van der Waals surface area contributed by atoms with Crippen molar-refractivity contribution in [2.75, 3.05) is 18.0 Å². The largest absolute Gasteiger partial charge is 0.330 e. The Balaban J connectivity index is 2.32. The van der Waals surface area contributed by atoms with E-state index in [4.69, 9.17) is 17.1 Å². The second kappa shape index (κ2) is 5.68. The van der Waals surface area contributed by atoms with Crippen molar-refractivity contribution >= 4 is 29.0 Å². The number of halogens is 1. The molecule has 1 aromatic rings. The number of carbonyl (C=O) groups is 1. The Hall–Kier alpha value is -2.45. The highest BCUT2D eigenvalue weighted by atomic mass is 35.5. The highest BCUT2D eigenvalue weighted by molar-refractivity contribution is 6.28. The average molecular weight is 298 g/mol. The molecule has 104 valence electrons. The van der Waals surface area contributed by atoms with Crippen molar-refractivity contribution in [3.05, 3.63) is 32.0 Å². The zero-order chi connectivity index (χ0) is 14.7. The van der Waals surface area contributed by atoms with E-state index in [2.05, 4.69) is 20.0 Å². The lowest BCUT2D eigenvalue weighted by Crippen LogP contribution is -2.27. The zero-order valence-corrected chi connectivity index (χ0v) is 10.8. The number of aromatic nitrogens is 2. The van der Waals surface area contributed by atoms with Gasteiger partial charge in [0.15, 0.2) is 0 Å². The third-order valence-electron chi connectivity index (χ3n) is 2.78. The maximum atomic E-state index is 11.9. The van der Waals surface area contributed by atoms with Gasteiger partial charge >= 0.3 is 5.69 Å². The first-order chi connectivity index (χ1) is 9.52. The van der Waals surface area contributed by atoms with Gasteiger partial charge < -0.3 is 0 Å². The Labute approximate surface area is 117 Å². The lowest BCUT2D eigenvalue weighted by Gasteiger charge is -2.14. The maximum absolute atomic E-state index is 11.9. The van der Waals surface area contributed by atoms with E-state index in [1.54, 1.807) is 0 Å². The van der Waals surface area contributed by atoms with Crippen LogP contribution in [0.25, 0.3) is 10.4 Å². The van der Waals surface area contributed by atoms with Crippen molar-refractivity contribution in [3.8, 4) is 0 Å². The van der Waals surface area contributed by atoms with Crippen molar-refractivity contribution in [2.24, 2.45) is 11.0 Å². The summed E-state index contributed by atoms with van der Waals surface area (Å²) in [5.74, 6) is -0.670. The minimum Gasteiger partial charge on any atom is -0.291 e. The van der Waals surface area contributed by atoms with Crippen molar-refractivity contribution in [2.45, 2.75) is 6.42 Å². The topological polar surface area (TPSA) is 138 Å². The normalized spacial score (nSPS) is 17.9. The number of nitrogens with zero attached hydrogens (tertiary/aromatic N) is 7.